The standard InChI is InChI=1S/C7H7BrN2/c8-7(10)5-3-1-2-4-6(5)9/h1-4,10H,9H2/p+1. The van der Waals surface area contributed by atoms with Crippen molar-refractivity contribution in [3.8, 4) is 0 Å². The largest absolute Gasteiger partial charge is 0.398 e. The molecule has 10 heavy (non-hydrogen) atoms. The molecule has 0 heterocycles. The van der Waals surface area contributed by atoms with Gasteiger partial charge in [0.2, 0.25) is 4.62 Å². The molecule has 0 fully saturated rings. The Hall–Kier alpha value is -0.830. The van der Waals surface area contributed by atoms with Crippen LogP contribution in [0.25, 0.3) is 0 Å². The first-order valence-corrected chi connectivity index (χ1v) is 3.64. The summed E-state index contributed by atoms with van der Waals surface area (Å²) in [7, 11) is 0. The van der Waals surface area contributed by atoms with Crippen molar-refractivity contribution in [1.29, 1.82) is 0 Å². The average molecular weight is 200 g/mol. The summed E-state index contributed by atoms with van der Waals surface area (Å²) in [6.07, 6.45) is 0. The van der Waals surface area contributed by atoms with Crippen LogP contribution < -0.4 is 11.1 Å². The van der Waals surface area contributed by atoms with Gasteiger partial charge in [-0.3, -0.25) is 0 Å². The Labute approximate surface area is 67.7 Å². The fourth-order valence-corrected chi connectivity index (χ4v) is 1.08. The highest BCUT2D eigenvalue weighted by Gasteiger charge is 2.03. The zero-order chi connectivity index (χ0) is 7.56. The molecule has 1 aromatic rings. The van der Waals surface area contributed by atoms with Crippen molar-refractivity contribution in [3.63, 3.8) is 0 Å². The number of anilines is 1. The molecule has 0 aliphatic carbocycles. The predicted molar refractivity (Wildman–Crippen MR) is 45.8 cm³/mol. The second-order valence-electron chi connectivity index (χ2n) is 1.94. The number of hydrogen-bond acceptors (Lipinski definition) is 1. The third-order valence-corrected chi connectivity index (χ3v) is 1.65. The van der Waals surface area contributed by atoms with E-state index in [1.807, 2.05) is 24.3 Å². The minimum atomic E-state index is 0.575. The summed E-state index contributed by atoms with van der Waals surface area (Å²) >= 11 is 3.15. The quantitative estimate of drug-likeness (QED) is 0.492. The normalized spacial score (nSPS) is 9.30. The minimum Gasteiger partial charge on any atom is -0.398 e. The smallest absolute Gasteiger partial charge is 0.248 e. The van der Waals surface area contributed by atoms with E-state index < -0.39 is 0 Å². The third-order valence-electron chi connectivity index (χ3n) is 1.22. The molecule has 1 rings (SSSR count). The van der Waals surface area contributed by atoms with E-state index in [4.69, 9.17) is 11.1 Å². The molecule has 0 bridgehead atoms. The third kappa shape index (κ3) is 1.36. The number of halogens is 1. The molecule has 4 N–H and O–H groups in total. The van der Waals surface area contributed by atoms with E-state index in [2.05, 4.69) is 15.9 Å². The number of para-hydroxylation sites is 1. The lowest BCUT2D eigenvalue weighted by atomic mass is 10.2. The fraction of sp³-hybridized carbons (Fsp3) is 0. The van der Waals surface area contributed by atoms with Crippen LogP contribution in [-0.4, -0.2) is 4.62 Å². The highest BCUT2D eigenvalue weighted by atomic mass is 79.9. The summed E-state index contributed by atoms with van der Waals surface area (Å²) < 4.78 is 0.575. The number of hydrogen-bond donors (Lipinski definition) is 2. The van der Waals surface area contributed by atoms with Gasteiger partial charge in [0.25, 0.3) is 0 Å². The van der Waals surface area contributed by atoms with Crippen LogP contribution >= 0.6 is 15.9 Å². The summed E-state index contributed by atoms with van der Waals surface area (Å²) in [5.74, 6) is 0. The minimum absolute atomic E-state index is 0.575. The number of nitrogen functional groups attached to an aromatic ring is 1. The van der Waals surface area contributed by atoms with Gasteiger partial charge in [0.15, 0.2) is 0 Å². The maximum atomic E-state index is 5.59. The lowest BCUT2D eigenvalue weighted by molar-refractivity contribution is -0.106. The molecule has 0 saturated heterocycles. The SMILES string of the molecule is Nc1ccccc1C(=[NH2+])Br. The Morgan fingerprint density at radius 2 is 2.00 bits per heavy atom. The molecular weight excluding hydrogens is 192 g/mol. The van der Waals surface area contributed by atoms with E-state index in [0.29, 0.717) is 10.3 Å². The van der Waals surface area contributed by atoms with Crippen molar-refractivity contribution < 1.29 is 5.41 Å². The molecule has 1 aromatic carbocycles. The van der Waals surface area contributed by atoms with Crippen molar-refractivity contribution in [2.24, 2.45) is 0 Å². The van der Waals surface area contributed by atoms with Crippen molar-refractivity contribution >= 4 is 26.2 Å². The predicted octanol–water partition coefficient (Wildman–Crippen LogP) is 0.169. The van der Waals surface area contributed by atoms with Crippen LogP contribution in [0.5, 0.6) is 0 Å². The van der Waals surface area contributed by atoms with Crippen molar-refractivity contribution in [2.45, 2.75) is 0 Å². The lowest BCUT2D eigenvalue weighted by Crippen LogP contribution is -2.36. The number of rotatable bonds is 1. The monoisotopic (exact) mass is 199 g/mol. The first kappa shape index (κ1) is 7.28. The van der Waals surface area contributed by atoms with Crippen molar-refractivity contribution in [2.75, 3.05) is 5.73 Å². The zero-order valence-electron chi connectivity index (χ0n) is 5.34. The lowest BCUT2D eigenvalue weighted by Gasteiger charge is -1.95. The highest BCUT2D eigenvalue weighted by Crippen LogP contribution is 2.11. The van der Waals surface area contributed by atoms with Crippen LogP contribution in [0.1, 0.15) is 5.56 Å². The Balaban J connectivity index is 3.15. The Bertz CT molecular complexity index is 258. The van der Waals surface area contributed by atoms with Gasteiger partial charge in [-0.2, -0.15) is 0 Å². The Morgan fingerprint density at radius 1 is 1.40 bits per heavy atom. The summed E-state index contributed by atoms with van der Waals surface area (Å²) in [4.78, 5) is 0. The second-order valence-corrected chi connectivity index (χ2v) is 2.79. The molecule has 0 amide bonds. The van der Waals surface area contributed by atoms with Crippen LogP contribution in [0.4, 0.5) is 5.69 Å². The zero-order valence-corrected chi connectivity index (χ0v) is 6.93. The van der Waals surface area contributed by atoms with E-state index in [1.54, 1.807) is 0 Å². The summed E-state index contributed by atoms with van der Waals surface area (Å²) in [5, 5.41) is 5.47. The van der Waals surface area contributed by atoms with Crippen LogP contribution in [0.3, 0.4) is 0 Å². The molecule has 0 aromatic heterocycles. The van der Waals surface area contributed by atoms with Gasteiger partial charge in [-0.05, 0) is 12.1 Å². The van der Waals surface area contributed by atoms with Crippen LogP contribution in [0.15, 0.2) is 24.3 Å². The molecule has 0 atom stereocenters. The first-order chi connectivity index (χ1) is 4.72. The van der Waals surface area contributed by atoms with Crippen LogP contribution in [-0.2, 0) is 0 Å². The van der Waals surface area contributed by atoms with Crippen molar-refractivity contribution in [3.05, 3.63) is 29.8 Å². The highest BCUT2D eigenvalue weighted by molar-refractivity contribution is 9.18. The summed E-state index contributed by atoms with van der Waals surface area (Å²) in [6, 6.07) is 7.43. The Kier molecular flexibility index (Phi) is 2.06. The number of nitrogens with two attached hydrogens (primary N) is 2. The molecule has 2 nitrogen and oxygen atoms in total. The molecule has 0 aliphatic rings. The molecule has 0 unspecified atom stereocenters. The van der Waals surface area contributed by atoms with Gasteiger partial charge in [0.05, 0.1) is 5.56 Å². The second kappa shape index (κ2) is 2.84. The first-order valence-electron chi connectivity index (χ1n) is 2.84. The van der Waals surface area contributed by atoms with E-state index >= 15 is 0 Å². The van der Waals surface area contributed by atoms with Gasteiger partial charge in [-0.25, -0.2) is 5.41 Å². The maximum Gasteiger partial charge on any atom is 0.248 e. The Morgan fingerprint density at radius 3 is 2.40 bits per heavy atom. The molecule has 52 valence electrons. The summed E-state index contributed by atoms with van der Waals surface area (Å²) in [6.45, 7) is 0. The van der Waals surface area contributed by atoms with Crippen LogP contribution in [0, 0.1) is 0 Å². The maximum absolute atomic E-state index is 5.59. The van der Waals surface area contributed by atoms with E-state index in [1.165, 1.54) is 0 Å². The van der Waals surface area contributed by atoms with Crippen LogP contribution in [0.2, 0.25) is 0 Å². The topological polar surface area (TPSA) is 51.6 Å². The van der Waals surface area contributed by atoms with Gasteiger partial charge in [0.1, 0.15) is 0 Å². The van der Waals surface area contributed by atoms with Gasteiger partial charge >= 0.3 is 0 Å². The fourth-order valence-electron chi connectivity index (χ4n) is 0.715. The number of benzene rings is 1. The van der Waals surface area contributed by atoms with Gasteiger partial charge in [-0.15, -0.1) is 0 Å². The van der Waals surface area contributed by atoms with E-state index in [9.17, 15) is 0 Å². The average Bonchev–Trinajstić information content (AvgIpc) is 1.88. The van der Waals surface area contributed by atoms with Gasteiger partial charge in [-0.1, -0.05) is 12.1 Å². The molecule has 3 heteroatoms. The molecule has 0 saturated carbocycles. The molecular formula is C7H8BrN2+. The molecule has 0 spiro atoms. The van der Waals surface area contributed by atoms with Crippen molar-refractivity contribution in [1.82, 2.24) is 0 Å². The van der Waals surface area contributed by atoms with Gasteiger partial charge in [0, 0.05) is 21.6 Å². The summed E-state index contributed by atoms with van der Waals surface area (Å²) in [5.41, 5.74) is 7.13. The van der Waals surface area contributed by atoms with Gasteiger partial charge < -0.3 is 5.73 Å². The molecule has 0 aliphatic heterocycles. The van der Waals surface area contributed by atoms with E-state index in [0.717, 1.165) is 5.56 Å². The van der Waals surface area contributed by atoms with E-state index in [-0.39, 0.29) is 0 Å². The molecule has 0 radical (unpaired) electrons.